The predicted octanol–water partition coefficient (Wildman–Crippen LogP) is 4.45. The van der Waals surface area contributed by atoms with Crippen LogP contribution in [0.1, 0.15) is 12.5 Å². The first kappa shape index (κ1) is 19.5. The average molecular weight is 403 g/mol. The van der Waals surface area contributed by atoms with E-state index >= 15 is 0 Å². The highest BCUT2D eigenvalue weighted by molar-refractivity contribution is 8.01. The fraction of sp³-hybridized carbons (Fsp3) is 0.300. The van der Waals surface area contributed by atoms with Crippen LogP contribution in [-0.4, -0.2) is 42.3 Å². The van der Waals surface area contributed by atoms with Gasteiger partial charge in [-0.25, -0.2) is 4.98 Å². The molecule has 1 aromatic heterocycles. The van der Waals surface area contributed by atoms with Crippen LogP contribution in [0.15, 0.2) is 46.8 Å². The Kier molecular flexibility index (Phi) is 6.58. The molecular weight excluding hydrogens is 380 g/mol. The quantitative estimate of drug-likeness (QED) is 0.521. The maximum absolute atomic E-state index is 12.7. The largest absolute Gasteiger partial charge is 0.493 e. The molecule has 0 radical (unpaired) electrons. The Morgan fingerprint density at radius 1 is 1.15 bits per heavy atom. The van der Waals surface area contributed by atoms with E-state index in [2.05, 4.69) is 4.98 Å². The van der Waals surface area contributed by atoms with E-state index in [0.717, 1.165) is 20.1 Å². The number of ether oxygens (including phenoxy) is 2. The molecule has 5 nitrogen and oxygen atoms in total. The summed E-state index contributed by atoms with van der Waals surface area (Å²) >= 11 is 3.12. The van der Waals surface area contributed by atoms with Crippen molar-refractivity contribution in [3.63, 3.8) is 0 Å². The molecule has 3 aromatic rings. The Morgan fingerprint density at radius 3 is 2.63 bits per heavy atom. The number of hydrogen-bond acceptors (Lipinski definition) is 6. The molecule has 1 heterocycles. The van der Waals surface area contributed by atoms with E-state index in [-0.39, 0.29) is 5.91 Å². The molecule has 0 fully saturated rings. The first-order valence-electron chi connectivity index (χ1n) is 8.61. The minimum atomic E-state index is 0.0940. The lowest BCUT2D eigenvalue weighted by Crippen LogP contribution is -2.31. The fourth-order valence-corrected chi connectivity index (χ4v) is 4.67. The molecule has 2 aromatic carbocycles. The van der Waals surface area contributed by atoms with E-state index in [4.69, 9.17) is 9.47 Å². The lowest BCUT2D eigenvalue weighted by atomic mass is 10.2. The Bertz CT molecular complexity index is 893. The number of methoxy groups -OCH3 is 2. The normalized spacial score (nSPS) is 10.8. The molecule has 0 aliphatic rings. The number of nitrogens with zero attached hydrogens (tertiary/aromatic N) is 2. The number of hydrogen-bond donors (Lipinski definition) is 0. The summed E-state index contributed by atoms with van der Waals surface area (Å²) in [5, 5.41) is 0. The highest BCUT2D eigenvalue weighted by Gasteiger charge is 2.15. The molecule has 0 aliphatic carbocycles. The lowest BCUT2D eigenvalue weighted by Gasteiger charge is -2.21. The summed E-state index contributed by atoms with van der Waals surface area (Å²) in [6, 6.07) is 13.8. The molecule has 7 heteroatoms. The molecule has 27 heavy (non-hydrogen) atoms. The van der Waals surface area contributed by atoms with Crippen LogP contribution < -0.4 is 9.47 Å². The van der Waals surface area contributed by atoms with E-state index < -0.39 is 0 Å². The first-order chi connectivity index (χ1) is 13.1. The summed E-state index contributed by atoms with van der Waals surface area (Å²) < 4.78 is 12.7. The molecule has 0 aliphatic heterocycles. The number of thioether (sulfide) groups is 1. The monoisotopic (exact) mass is 402 g/mol. The van der Waals surface area contributed by atoms with E-state index in [1.807, 2.05) is 54.3 Å². The second kappa shape index (κ2) is 9.10. The Balaban J connectivity index is 1.63. The van der Waals surface area contributed by atoms with Crippen LogP contribution in [0.2, 0.25) is 0 Å². The van der Waals surface area contributed by atoms with Crippen molar-refractivity contribution in [1.82, 2.24) is 9.88 Å². The number of rotatable bonds is 8. The maximum atomic E-state index is 12.7. The van der Waals surface area contributed by atoms with Gasteiger partial charge in [0.05, 0.1) is 30.2 Å². The average Bonchev–Trinajstić information content (AvgIpc) is 3.13. The molecule has 0 N–H and O–H groups in total. The highest BCUT2D eigenvalue weighted by Crippen LogP contribution is 2.30. The van der Waals surface area contributed by atoms with Crippen molar-refractivity contribution < 1.29 is 14.3 Å². The van der Waals surface area contributed by atoms with Crippen LogP contribution in [-0.2, 0) is 11.3 Å². The van der Waals surface area contributed by atoms with Crippen LogP contribution in [0, 0.1) is 0 Å². The zero-order valence-corrected chi connectivity index (χ0v) is 17.2. The third kappa shape index (κ3) is 4.73. The van der Waals surface area contributed by atoms with Gasteiger partial charge in [0, 0.05) is 13.1 Å². The van der Waals surface area contributed by atoms with Crippen molar-refractivity contribution in [2.75, 3.05) is 26.5 Å². The number of para-hydroxylation sites is 1. The van der Waals surface area contributed by atoms with Gasteiger partial charge in [0.15, 0.2) is 15.8 Å². The Morgan fingerprint density at radius 2 is 1.93 bits per heavy atom. The minimum Gasteiger partial charge on any atom is -0.493 e. The lowest BCUT2D eigenvalue weighted by molar-refractivity contribution is -0.128. The Hall–Kier alpha value is -2.25. The van der Waals surface area contributed by atoms with Gasteiger partial charge < -0.3 is 14.4 Å². The van der Waals surface area contributed by atoms with Crippen LogP contribution in [0.5, 0.6) is 11.5 Å². The molecule has 0 spiro atoms. The van der Waals surface area contributed by atoms with Crippen LogP contribution in [0.25, 0.3) is 10.2 Å². The van der Waals surface area contributed by atoms with Gasteiger partial charge in [0.25, 0.3) is 0 Å². The zero-order valence-electron chi connectivity index (χ0n) is 15.6. The number of amides is 1. The third-order valence-corrected chi connectivity index (χ3v) is 6.31. The molecular formula is C20H22N2O3S2. The van der Waals surface area contributed by atoms with Crippen molar-refractivity contribution >= 4 is 39.2 Å². The van der Waals surface area contributed by atoms with Crippen LogP contribution in [0.4, 0.5) is 0 Å². The number of aromatic nitrogens is 1. The van der Waals surface area contributed by atoms with E-state index in [9.17, 15) is 4.79 Å². The maximum Gasteiger partial charge on any atom is 0.233 e. The number of thiazole rings is 1. The summed E-state index contributed by atoms with van der Waals surface area (Å²) in [5.41, 5.74) is 1.99. The summed E-state index contributed by atoms with van der Waals surface area (Å²) in [7, 11) is 3.22. The Labute approximate surface area is 167 Å². The van der Waals surface area contributed by atoms with Gasteiger partial charge in [-0.15, -0.1) is 11.3 Å². The number of benzene rings is 2. The summed E-state index contributed by atoms with van der Waals surface area (Å²) in [6.07, 6.45) is 0. The van der Waals surface area contributed by atoms with E-state index in [0.29, 0.717) is 30.3 Å². The SMILES string of the molecule is CCN(Cc1ccc(OC)c(OC)c1)C(=O)CSc1nc2ccccc2s1. The predicted molar refractivity (Wildman–Crippen MR) is 111 cm³/mol. The molecule has 142 valence electrons. The topological polar surface area (TPSA) is 51.7 Å². The molecule has 0 atom stereocenters. The zero-order chi connectivity index (χ0) is 19.2. The van der Waals surface area contributed by atoms with Crippen molar-refractivity contribution in [3.8, 4) is 11.5 Å². The first-order valence-corrected chi connectivity index (χ1v) is 10.4. The summed E-state index contributed by atoms with van der Waals surface area (Å²) in [4.78, 5) is 19.1. The van der Waals surface area contributed by atoms with E-state index in [1.165, 1.54) is 11.8 Å². The van der Waals surface area contributed by atoms with Gasteiger partial charge in [-0.1, -0.05) is 30.0 Å². The standard InChI is InChI=1S/C20H22N2O3S2/c1-4-22(12-14-9-10-16(24-2)17(11-14)25-3)19(23)13-26-20-21-15-7-5-6-8-18(15)27-20/h5-11H,4,12-13H2,1-3H3. The molecule has 0 unspecified atom stereocenters. The van der Waals surface area contributed by atoms with Crippen LogP contribution in [0.3, 0.4) is 0 Å². The molecule has 1 amide bonds. The van der Waals surface area contributed by atoms with Crippen molar-refractivity contribution in [2.45, 2.75) is 17.8 Å². The second-order valence-corrected chi connectivity index (χ2v) is 8.09. The van der Waals surface area contributed by atoms with Gasteiger partial charge in [0.2, 0.25) is 5.91 Å². The molecule has 3 rings (SSSR count). The smallest absolute Gasteiger partial charge is 0.233 e. The van der Waals surface area contributed by atoms with Gasteiger partial charge >= 0.3 is 0 Å². The molecule has 0 bridgehead atoms. The van der Waals surface area contributed by atoms with Crippen molar-refractivity contribution in [1.29, 1.82) is 0 Å². The summed E-state index contributed by atoms with van der Waals surface area (Å²) in [6.45, 7) is 3.17. The molecule has 0 saturated carbocycles. The van der Waals surface area contributed by atoms with Gasteiger partial charge in [-0.3, -0.25) is 4.79 Å². The van der Waals surface area contributed by atoms with Crippen LogP contribution >= 0.6 is 23.1 Å². The second-order valence-electron chi connectivity index (χ2n) is 5.83. The fourth-order valence-electron chi connectivity index (χ4n) is 2.70. The third-order valence-electron chi connectivity index (χ3n) is 4.15. The summed E-state index contributed by atoms with van der Waals surface area (Å²) in [5.74, 6) is 1.82. The molecule has 0 saturated heterocycles. The van der Waals surface area contributed by atoms with Gasteiger partial charge in [-0.05, 0) is 36.8 Å². The minimum absolute atomic E-state index is 0.0940. The van der Waals surface area contributed by atoms with Crippen molar-refractivity contribution in [2.24, 2.45) is 0 Å². The number of carbonyl (C=O) groups is 1. The van der Waals surface area contributed by atoms with Crippen molar-refractivity contribution in [3.05, 3.63) is 48.0 Å². The van der Waals surface area contributed by atoms with E-state index in [1.54, 1.807) is 25.6 Å². The van der Waals surface area contributed by atoms with Gasteiger partial charge in [-0.2, -0.15) is 0 Å². The number of carbonyl (C=O) groups excluding carboxylic acids is 1. The highest BCUT2D eigenvalue weighted by atomic mass is 32.2. The van der Waals surface area contributed by atoms with Gasteiger partial charge in [0.1, 0.15) is 0 Å². The number of fused-ring (bicyclic) bond motifs is 1.